The molecule has 0 saturated carbocycles. The molecule has 1 amide bonds. The number of nitrogens with one attached hydrogen (secondary N) is 1. The molecule has 8 heteroatoms. The van der Waals surface area contributed by atoms with Crippen LogP contribution < -0.4 is 16.0 Å². The van der Waals surface area contributed by atoms with Crippen LogP contribution in [0.2, 0.25) is 0 Å². The van der Waals surface area contributed by atoms with Crippen LogP contribution in [0.3, 0.4) is 0 Å². The van der Waals surface area contributed by atoms with Crippen molar-refractivity contribution in [1.82, 2.24) is 0 Å². The number of halogens is 2. The molecule has 31 heavy (non-hydrogen) atoms. The Morgan fingerprint density at radius 1 is 1.10 bits per heavy atom. The van der Waals surface area contributed by atoms with E-state index < -0.39 is 11.3 Å². The fourth-order valence-corrected chi connectivity index (χ4v) is 5.62. The Balaban J connectivity index is 1.90. The second-order valence-corrected chi connectivity index (χ2v) is 9.51. The van der Waals surface area contributed by atoms with Crippen molar-refractivity contribution < 1.29 is 9.59 Å². The maximum Gasteiger partial charge on any atom is 0.245 e. The van der Waals surface area contributed by atoms with Crippen molar-refractivity contribution in [2.45, 2.75) is 24.7 Å². The number of carbonyl (C=O) groups excluding carboxylic acids is 2. The molecule has 2 heterocycles. The molecule has 3 N–H and O–H groups in total. The highest BCUT2D eigenvalue weighted by molar-refractivity contribution is 9.10. The van der Waals surface area contributed by atoms with Crippen molar-refractivity contribution in [3.63, 3.8) is 0 Å². The van der Waals surface area contributed by atoms with Gasteiger partial charge in [0.15, 0.2) is 5.78 Å². The summed E-state index contributed by atoms with van der Waals surface area (Å²) in [6.45, 7) is 0. The number of rotatable bonds is 1. The number of hydrogen-bond acceptors (Lipinski definition) is 5. The lowest BCUT2D eigenvalue weighted by atomic mass is 9.64. The summed E-state index contributed by atoms with van der Waals surface area (Å²) < 4.78 is 1.59. The summed E-state index contributed by atoms with van der Waals surface area (Å²) in [7, 11) is 0. The molecule has 1 atom stereocenters. The van der Waals surface area contributed by atoms with Gasteiger partial charge in [-0.25, -0.2) is 0 Å². The Morgan fingerprint density at radius 2 is 1.87 bits per heavy atom. The van der Waals surface area contributed by atoms with Gasteiger partial charge in [0.2, 0.25) is 5.91 Å². The van der Waals surface area contributed by atoms with Crippen LogP contribution in [-0.2, 0) is 15.0 Å². The maximum atomic E-state index is 13.6. The topological polar surface area (TPSA) is 99.2 Å². The Bertz CT molecular complexity index is 1290. The van der Waals surface area contributed by atoms with Crippen LogP contribution in [0, 0.1) is 11.3 Å². The molecule has 6 nitrogen and oxygen atoms in total. The zero-order valence-electron chi connectivity index (χ0n) is 16.2. The van der Waals surface area contributed by atoms with Gasteiger partial charge in [-0.05, 0) is 49.2 Å². The van der Waals surface area contributed by atoms with Crippen LogP contribution in [0.4, 0.5) is 11.4 Å². The van der Waals surface area contributed by atoms with Crippen LogP contribution in [-0.4, -0.2) is 11.7 Å². The molecular formula is C23H16Br2N4O2. The molecule has 1 aliphatic carbocycles. The van der Waals surface area contributed by atoms with E-state index in [1.807, 2.05) is 30.3 Å². The number of carbonyl (C=O) groups is 2. The van der Waals surface area contributed by atoms with Crippen LogP contribution in [0.1, 0.15) is 24.8 Å². The first-order valence-corrected chi connectivity index (χ1v) is 11.3. The first-order chi connectivity index (χ1) is 14.9. The highest BCUT2D eigenvalue weighted by atomic mass is 79.9. The number of allylic oxidation sites excluding steroid dienone is 1. The lowest BCUT2D eigenvalue weighted by Gasteiger charge is -2.43. The van der Waals surface area contributed by atoms with Gasteiger partial charge in [0, 0.05) is 43.6 Å². The standard InChI is InChI=1S/C23H16Br2N4O2/c24-12-3-1-4-14(9-12)29-18-5-2-6-19(30)20(18)23(16(11-26)21(29)27)15-10-13(25)7-8-17(15)28-22(23)31/h1,3-4,7-10H,2,5-6,27H2,(H,28,31). The molecule has 0 aromatic heterocycles. The van der Waals surface area contributed by atoms with Gasteiger partial charge in [-0.1, -0.05) is 37.9 Å². The van der Waals surface area contributed by atoms with Crippen LogP contribution in [0.15, 0.2) is 74.1 Å². The van der Waals surface area contributed by atoms with Gasteiger partial charge in [-0.2, -0.15) is 5.26 Å². The van der Waals surface area contributed by atoms with E-state index in [0.29, 0.717) is 41.8 Å². The van der Waals surface area contributed by atoms with E-state index in [1.54, 1.807) is 17.0 Å². The summed E-state index contributed by atoms with van der Waals surface area (Å²) in [5.74, 6) is -0.391. The van der Waals surface area contributed by atoms with Crippen molar-refractivity contribution in [3.05, 3.63) is 79.6 Å². The Labute approximate surface area is 195 Å². The number of nitrogens with two attached hydrogens (primary N) is 1. The minimum atomic E-state index is -1.55. The predicted molar refractivity (Wildman–Crippen MR) is 124 cm³/mol. The molecule has 1 unspecified atom stereocenters. The number of ketones is 1. The van der Waals surface area contributed by atoms with E-state index in [2.05, 4.69) is 43.2 Å². The average molecular weight is 540 g/mol. The molecule has 5 rings (SSSR count). The number of fused-ring (bicyclic) bond motifs is 3. The van der Waals surface area contributed by atoms with Crippen molar-refractivity contribution in [2.24, 2.45) is 5.73 Å². The summed E-state index contributed by atoms with van der Waals surface area (Å²) in [6, 6.07) is 15.1. The largest absolute Gasteiger partial charge is 0.384 e. The summed E-state index contributed by atoms with van der Waals surface area (Å²) in [5, 5.41) is 13.1. The monoisotopic (exact) mass is 538 g/mol. The van der Waals surface area contributed by atoms with Gasteiger partial charge in [0.1, 0.15) is 17.3 Å². The van der Waals surface area contributed by atoms with Gasteiger partial charge in [0.25, 0.3) is 0 Å². The van der Waals surface area contributed by atoms with E-state index in [-0.39, 0.29) is 17.2 Å². The van der Waals surface area contributed by atoms with E-state index in [0.717, 1.165) is 14.6 Å². The highest BCUT2D eigenvalue weighted by Crippen LogP contribution is 2.55. The zero-order valence-corrected chi connectivity index (χ0v) is 19.4. The molecular weight excluding hydrogens is 524 g/mol. The number of nitrogens with zero attached hydrogens (tertiary/aromatic N) is 2. The number of Topliss-reactive ketones (excluding diaryl/α,β-unsaturated/α-hetero) is 1. The van der Waals surface area contributed by atoms with Crippen LogP contribution in [0.5, 0.6) is 0 Å². The molecule has 0 bridgehead atoms. The third-order valence-electron chi connectivity index (χ3n) is 6.05. The summed E-state index contributed by atoms with van der Waals surface area (Å²) >= 11 is 6.94. The van der Waals surface area contributed by atoms with Gasteiger partial charge < -0.3 is 11.1 Å². The van der Waals surface area contributed by atoms with Gasteiger partial charge in [0.05, 0.1) is 5.57 Å². The Kier molecular flexibility index (Phi) is 4.57. The molecule has 1 spiro atoms. The second kappa shape index (κ2) is 7.08. The molecule has 0 saturated heterocycles. The molecule has 0 radical (unpaired) electrons. The van der Waals surface area contributed by atoms with Crippen molar-refractivity contribution >= 4 is 54.9 Å². The fourth-order valence-electron chi connectivity index (χ4n) is 4.87. The first-order valence-electron chi connectivity index (χ1n) is 9.74. The number of amides is 1. The van der Waals surface area contributed by atoms with Crippen LogP contribution >= 0.6 is 31.9 Å². The third-order valence-corrected chi connectivity index (χ3v) is 7.04. The zero-order chi connectivity index (χ0) is 21.9. The predicted octanol–water partition coefficient (Wildman–Crippen LogP) is 4.62. The quantitative estimate of drug-likeness (QED) is 0.550. The number of anilines is 2. The fraction of sp³-hybridized carbons (Fsp3) is 0.174. The molecule has 0 fully saturated rings. The number of nitriles is 1. The SMILES string of the molecule is N#CC1=C(N)N(c2cccc(Br)c2)C2=C(C(=O)CCC2)C12C(=O)Nc1ccc(Br)cc12. The number of benzene rings is 2. The minimum Gasteiger partial charge on any atom is -0.384 e. The highest BCUT2D eigenvalue weighted by Gasteiger charge is 2.60. The summed E-state index contributed by atoms with van der Waals surface area (Å²) in [4.78, 5) is 28.7. The maximum absolute atomic E-state index is 13.6. The smallest absolute Gasteiger partial charge is 0.245 e. The van der Waals surface area contributed by atoms with E-state index in [1.165, 1.54) is 0 Å². The molecule has 2 aromatic rings. The summed E-state index contributed by atoms with van der Waals surface area (Å²) in [6.07, 6.45) is 1.55. The summed E-state index contributed by atoms with van der Waals surface area (Å²) in [5.41, 5.74) is 8.03. The van der Waals surface area contributed by atoms with Gasteiger partial charge in [-0.3, -0.25) is 14.5 Å². The third kappa shape index (κ3) is 2.66. The van der Waals surface area contributed by atoms with E-state index in [9.17, 15) is 14.9 Å². The lowest BCUT2D eigenvalue weighted by molar-refractivity contribution is -0.122. The van der Waals surface area contributed by atoms with Crippen LogP contribution in [0.25, 0.3) is 0 Å². The van der Waals surface area contributed by atoms with Crippen molar-refractivity contribution in [1.29, 1.82) is 5.26 Å². The Hall–Kier alpha value is -2.89. The lowest BCUT2D eigenvalue weighted by Crippen LogP contribution is -2.50. The van der Waals surface area contributed by atoms with Crippen molar-refractivity contribution in [3.8, 4) is 6.07 Å². The van der Waals surface area contributed by atoms with Gasteiger partial charge in [-0.15, -0.1) is 0 Å². The number of hydrogen-bond donors (Lipinski definition) is 2. The second-order valence-electron chi connectivity index (χ2n) is 7.68. The van der Waals surface area contributed by atoms with E-state index in [4.69, 9.17) is 5.73 Å². The first kappa shape index (κ1) is 20.0. The van der Waals surface area contributed by atoms with Crippen molar-refractivity contribution in [2.75, 3.05) is 10.2 Å². The minimum absolute atomic E-state index is 0.0656. The normalized spacial score (nSPS) is 22.4. The molecule has 2 aliphatic heterocycles. The Morgan fingerprint density at radius 3 is 2.61 bits per heavy atom. The molecule has 2 aromatic carbocycles. The average Bonchev–Trinajstić information content (AvgIpc) is 3.00. The van der Waals surface area contributed by atoms with E-state index >= 15 is 0 Å². The molecule has 154 valence electrons. The van der Waals surface area contributed by atoms with Gasteiger partial charge >= 0.3 is 0 Å². The molecule has 3 aliphatic rings.